The van der Waals surface area contributed by atoms with Crippen molar-refractivity contribution in [3.8, 4) is 5.75 Å². The molecular weight excluding hydrogens is 471 g/mol. The van der Waals surface area contributed by atoms with Crippen molar-refractivity contribution in [2.45, 2.75) is 12.3 Å². The van der Waals surface area contributed by atoms with Crippen molar-refractivity contribution in [2.75, 3.05) is 17.7 Å². The van der Waals surface area contributed by atoms with Crippen LogP contribution in [0, 0.1) is 5.82 Å². The maximum absolute atomic E-state index is 14.2. The Bertz CT molecular complexity index is 1760. The van der Waals surface area contributed by atoms with E-state index in [-0.39, 0.29) is 11.4 Å². The van der Waals surface area contributed by atoms with E-state index in [0.717, 1.165) is 21.8 Å². The molecule has 0 fully saturated rings. The van der Waals surface area contributed by atoms with Gasteiger partial charge in [0.05, 0.1) is 30.2 Å². The van der Waals surface area contributed by atoms with Crippen molar-refractivity contribution in [1.82, 2.24) is 9.55 Å². The van der Waals surface area contributed by atoms with E-state index in [0.29, 0.717) is 22.7 Å². The predicted molar refractivity (Wildman–Crippen MR) is 141 cm³/mol. The molecule has 2 aromatic heterocycles. The Hall–Kier alpha value is -4.72. The summed E-state index contributed by atoms with van der Waals surface area (Å²) < 4.78 is 21.1. The number of carbonyl (C=O) groups excluding carboxylic acids is 2. The Labute approximate surface area is 211 Å². The molecule has 5 aromatic rings. The number of nitrogens with two attached hydrogens (primary N) is 1. The van der Waals surface area contributed by atoms with Crippen LogP contribution >= 0.6 is 0 Å². The molecule has 0 spiro atoms. The van der Waals surface area contributed by atoms with Gasteiger partial charge in [-0.2, -0.15) is 0 Å². The number of methoxy groups -OCH3 is 1. The van der Waals surface area contributed by atoms with E-state index in [1.54, 1.807) is 31.3 Å². The number of carbonyl (C=O) groups is 2. The van der Waals surface area contributed by atoms with Crippen LogP contribution < -0.4 is 15.4 Å². The third-order valence-corrected chi connectivity index (χ3v) is 7.35. The largest absolute Gasteiger partial charge is 0.495 e. The normalized spacial score (nSPS) is 17.0. The number of nitrogen functional groups attached to an aromatic ring is 1. The monoisotopic (exact) mass is 494 g/mol. The van der Waals surface area contributed by atoms with E-state index in [4.69, 9.17) is 10.5 Å². The number of nitrogens with zero attached hydrogens (tertiary/aromatic N) is 3. The zero-order valence-corrected chi connectivity index (χ0v) is 20.4. The van der Waals surface area contributed by atoms with Crippen LogP contribution in [0.2, 0.25) is 0 Å². The van der Waals surface area contributed by atoms with Gasteiger partial charge in [-0.3, -0.25) is 19.5 Å². The molecule has 37 heavy (non-hydrogen) atoms. The first-order valence-corrected chi connectivity index (χ1v) is 11.7. The molecule has 1 amide bonds. The smallest absolute Gasteiger partial charge is 0.250 e. The SMILES string of the molecule is COc1ccc2c(c1N)[C@@](C)(C(=O)c1cc3c4ccccc4n(C)c3cn1)C(=O)N2c1ccc(F)cc1. The van der Waals surface area contributed by atoms with Crippen LogP contribution in [-0.4, -0.2) is 28.4 Å². The summed E-state index contributed by atoms with van der Waals surface area (Å²) in [6.45, 7) is 1.56. The van der Waals surface area contributed by atoms with Gasteiger partial charge in [-0.05, 0) is 55.5 Å². The van der Waals surface area contributed by atoms with Crippen LogP contribution in [-0.2, 0) is 17.3 Å². The fourth-order valence-electron chi connectivity index (χ4n) is 5.41. The van der Waals surface area contributed by atoms with Crippen LogP contribution in [0.4, 0.5) is 21.5 Å². The molecule has 7 nitrogen and oxygen atoms in total. The van der Waals surface area contributed by atoms with E-state index in [2.05, 4.69) is 4.98 Å². The second kappa shape index (κ2) is 7.89. The Morgan fingerprint density at radius 3 is 2.49 bits per heavy atom. The predicted octanol–water partition coefficient (Wildman–Crippen LogP) is 5.28. The fourth-order valence-corrected chi connectivity index (χ4v) is 5.41. The van der Waals surface area contributed by atoms with Gasteiger partial charge in [-0.15, -0.1) is 0 Å². The van der Waals surface area contributed by atoms with Crippen molar-refractivity contribution >= 4 is 50.6 Å². The Kier molecular flexibility index (Phi) is 4.85. The summed E-state index contributed by atoms with van der Waals surface area (Å²) in [7, 11) is 3.42. The summed E-state index contributed by atoms with van der Waals surface area (Å²) in [5, 5.41) is 1.84. The zero-order chi connectivity index (χ0) is 26.1. The maximum Gasteiger partial charge on any atom is 0.250 e. The molecule has 3 aromatic carbocycles. The number of amides is 1. The summed E-state index contributed by atoms with van der Waals surface area (Å²) in [4.78, 5) is 34.2. The molecule has 8 heteroatoms. The maximum atomic E-state index is 14.2. The van der Waals surface area contributed by atoms with Crippen molar-refractivity contribution < 1.29 is 18.7 Å². The number of hydrogen-bond donors (Lipinski definition) is 1. The van der Waals surface area contributed by atoms with Crippen LogP contribution in [0.15, 0.2) is 72.9 Å². The van der Waals surface area contributed by atoms with Gasteiger partial charge < -0.3 is 15.0 Å². The third-order valence-electron chi connectivity index (χ3n) is 7.35. The summed E-state index contributed by atoms with van der Waals surface area (Å²) in [6.07, 6.45) is 1.65. The molecule has 1 aliphatic rings. The molecule has 2 N–H and O–H groups in total. The molecule has 1 atom stereocenters. The molecule has 6 rings (SSSR count). The molecule has 0 saturated heterocycles. The van der Waals surface area contributed by atoms with Crippen molar-refractivity contribution in [2.24, 2.45) is 7.05 Å². The molecule has 3 heterocycles. The summed E-state index contributed by atoms with van der Waals surface area (Å²) in [6, 6.07) is 18.5. The highest BCUT2D eigenvalue weighted by molar-refractivity contribution is 6.29. The van der Waals surface area contributed by atoms with Gasteiger partial charge in [0.25, 0.3) is 0 Å². The number of pyridine rings is 1. The van der Waals surface area contributed by atoms with Crippen molar-refractivity contribution in [1.29, 1.82) is 0 Å². The molecule has 0 radical (unpaired) electrons. The number of ether oxygens (including phenoxy) is 1. The zero-order valence-electron chi connectivity index (χ0n) is 20.4. The van der Waals surface area contributed by atoms with E-state index in [1.807, 2.05) is 35.9 Å². The average Bonchev–Trinajstić information content (AvgIpc) is 3.33. The number of para-hydroxylation sites is 1. The van der Waals surface area contributed by atoms with Gasteiger partial charge in [0.15, 0.2) is 0 Å². The molecule has 184 valence electrons. The van der Waals surface area contributed by atoms with Gasteiger partial charge in [0, 0.05) is 34.6 Å². The van der Waals surface area contributed by atoms with Crippen LogP contribution in [0.1, 0.15) is 23.0 Å². The summed E-state index contributed by atoms with van der Waals surface area (Å²) in [5.41, 5.74) is 8.23. The summed E-state index contributed by atoms with van der Waals surface area (Å²) >= 11 is 0. The first-order chi connectivity index (χ1) is 17.8. The molecule has 0 unspecified atom stereocenters. The highest BCUT2D eigenvalue weighted by atomic mass is 19.1. The lowest BCUT2D eigenvalue weighted by molar-refractivity contribution is -0.120. The van der Waals surface area contributed by atoms with Gasteiger partial charge in [0.1, 0.15) is 22.7 Å². The molecule has 0 aliphatic carbocycles. The third kappa shape index (κ3) is 3.02. The number of Topliss-reactive ketones (excluding diaryl/α,β-unsaturated/α-hetero) is 1. The first-order valence-electron chi connectivity index (χ1n) is 11.7. The topological polar surface area (TPSA) is 90.5 Å². The first kappa shape index (κ1) is 22.7. The summed E-state index contributed by atoms with van der Waals surface area (Å²) in [5.74, 6) is -1.07. The number of hydrogen-bond acceptors (Lipinski definition) is 5. The Balaban J connectivity index is 1.57. The van der Waals surface area contributed by atoms with E-state index >= 15 is 0 Å². The van der Waals surface area contributed by atoms with Gasteiger partial charge in [0.2, 0.25) is 11.7 Å². The number of halogens is 1. The Morgan fingerprint density at radius 1 is 1.03 bits per heavy atom. The minimum Gasteiger partial charge on any atom is -0.495 e. The quantitative estimate of drug-likeness (QED) is 0.209. The highest BCUT2D eigenvalue weighted by Crippen LogP contribution is 2.51. The number of rotatable bonds is 4. The van der Waals surface area contributed by atoms with E-state index < -0.39 is 22.9 Å². The minimum atomic E-state index is -1.69. The van der Waals surface area contributed by atoms with Gasteiger partial charge in [-0.25, -0.2) is 4.39 Å². The van der Waals surface area contributed by atoms with Crippen molar-refractivity contribution in [3.05, 3.63) is 90.0 Å². The van der Waals surface area contributed by atoms with Crippen molar-refractivity contribution in [3.63, 3.8) is 0 Å². The lowest BCUT2D eigenvalue weighted by Gasteiger charge is -2.23. The lowest BCUT2D eigenvalue weighted by Crippen LogP contribution is -2.43. The van der Waals surface area contributed by atoms with Crippen LogP contribution in [0.5, 0.6) is 5.75 Å². The van der Waals surface area contributed by atoms with E-state index in [1.165, 1.54) is 36.3 Å². The second-order valence-electron chi connectivity index (χ2n) is 9.31. The number of fused-ring (bicyclic) bond motifs is 4. The highest BCUT2D eigenvalue weighted by Gasteiger charge is 2.55. The molecular formula is C29H23FN4O3. The van der Waals surface area contributed by atoms with Gasteiger partial charge in [-0.1, -0.05) is 18.2 Å². The number of benzene rings is 3. The number of ketones is 1. The second-order valence-corrected chi connectivity index (χ2v) is 9.31. The van der Waals surface area contributed by atoms with Gasteiger partial charge >= 0.3 is 0 Å². The molecule has 0 saturated carbocycles. The van der Waals surface area contributed by atoms with E-state index in [9.17, 15) is 14.0 Å². The standard InChI is InChI=1S/C29H23FN4O3/c1-29(27(35)20-14-19-18-6-4-5-7-21(18)33(2)23(19)15-32-20)25-22(12-13-24(37-3)26(25)31)34(28(29)36)17-10-8-16(30)9-11-17/h4-15H,31H2,1-3H3/t29-/m0/s1. The number of anilines is 3. The minimum absolute atomic E-state index is 0.147. The fraction of sp³-hybridized carbons (Fsp3) is 0.138. The lowest BCUT2D eigenvalue weighted by atomic mass is 9.77. The molecule has 0 bridgehead atoms. The number of aryl methyl sites for hydroxylation is 1. The molecule has 1 aliphatic heterocycles. The average molecular weight is 495 g/mol. The Morgan fingerprint density at radius 2 is 1.76 bits per heavy atom. The van der Waals surface area contributed by atoms with Crippen LogP contribution in [0.3, 0.4) is 0 Å². The van der Waals surface area contributed by atoms with Crippen LogP contribution in [0.25, 0.3) is 21.8 Å². The number of aromatic nitrogens is 2.